The first-order valence-corrected chi connectivity index (χ1v) is 7.38. The fraction of sp³-hybridized carbons (Fsp3) is 0.500. The van der Waals surface area contributed by atoms with Crippen LogP contribution in [0.15, 0.2) is 24.3 Å². The quantitative estimate of drug-likeness (QED) is 0.918. The number of carbonyl (C=O) groups excluding carboxylic acids is 2. The van der Waals surface area contributed by atoms with Crippen LogP contribution in [-0.4, -0.2) is 48.6 Å². The first-order valence-electron chi connectivity index (χ1n) is 7.38. The molecule has 0 bridgehead atoms. The minimum Gasteiger partial charge on any atom is -0.482 e. The van der Waals surface area contributed by atoms with E-state index in [1.54, 1.807) is 29.2 Å². The molecule has 0 saturated carbocycles. The zero-order valence-corrected chi connectivity index (χ0v) is 13.2. The highest BCUT2D eigenvalue weighted by atomic mass is 16.5. The van der Waals surface area contributed by atoms with Crippen molar-refractivity contribution >= 4 is 17.5 Å². The Labute approximate surface area is 130 Å². The second-order valence-electron chi connectivity index (χ2n) is 5.52. The van der Waals surface area contributed by atoms with Crippen LogP contribution in [0.25, 0.3) is 0 Å². The van der Waals surface area contributed by atoms with Gasteiger partial charge in [0, 0.05) is 20.0 Å². The van der Waals surface area contributed by atoms with Crippen LogP contribution in [-0.2, 0) is 14.3 Å². The van der Waals surface area contributed by atoms with Crippen molar-refractivity contribution in [3.05, 3.63) is 24.3 Å². The number of hydrogen-bond donors (Lipinski definition) is 1. The molecule has 1 N–H and O–H groups in total. The predicted octanol–water partition coefficient (Wildman–Crippen LogP) is 1.66. The Hall–Kier alpha value is -2.08. The minimum atomic E-state index is -0.182. The highest BCUT2D eigenvalue weighted by Crippen LogP contribution is 2.23. The van der Waals surface area contributed by atoms with Crippen molar-refractivity contribution in [2.45, 2.75) is 33.0 Å². The van der Waals surface area contributed by atoms with E-state index >= 15 is 0 Å². The predicted molar refractivity (Wildman–Crippen MR) is 82.8 cm³/mol. The summed E-state index contributed by atoms with van der Waals surface area (Å²) in [5.41, 5.74) is 0.562. The van der Waals surface area contributed by atoms with Gasteiger partial charge < -0.3 is 19.7 Å². The van der Waals surface area contributed by atoms with Crippen LogP contribution < -0.4 is 10.1 Å². The zero-order valence-electron chi connectivity index (χ0n) is 13.2. The highest BCUT2D eigenvalue weighted by Gasteiger charge is 2.26. The number of morpholine rings is 1. The van der Waals surface area contributed by atoms with Gasteiger partial charge in [-0.3, -0.25) is 9.59 Å². The molecule has 120 valence electrons. The summed E-state index contributed by atoms with van der Waals surface area (Å²) >= 11 is 0. The average Bonchev–Trinajstić information content (AvgIpc) is 2.44. The van der Waals surface area contributed by atoms with E-state index < -0.39 is 0 Å². The molecule has 0 aliphatic carbocycles. The van der Waals surface area contributed by atoms with Gasteiger partial charge in [0.25, 0.3) is 5.91 Å². The average molecular weight is 306 g/mol. The van der Waals surface area contributed by atoms with E-state index in [-0.39, 0.29) is 30.6 Å². The van der Waals surface area contributed by atoms with Crippen LogP contribution in [0.2, 0.25) is 0 Å². The summed E-state index contributed by atoms with van der Waals surface area (Å²) in [7, 11) is 0. The van der Waals surface area contributed by atoms with Gasteiger partial charge in [-0.1, -0.05) is 12.1 Å². The van der Waals surface area contributed by atoms with Crippen LogP contribution in [0.5, 0.6) is 5.75 Å². The SMILES string of the molecule is CC(=O)Nc1ccccc1OCC(=O)N1C[C@@H](C)O[C@@H](C)C1. The normalized spacial score (nSPS) is 21.3. The number of benzene rings is 1. The summed E-state index contributed by atoms with van der Waals surface area (Å²) in [6, 6.07) is 7.05. The van der Waals surface area contributed by atoms with Gasteiger partial charge in [-0.05, 0) is 26.0 Å². The van der Waals surface area contributed by atoms with E-state index in [4.69, 9.17) is 9.47 Å². The monoisotopic (exact) mass is 306 g/mol. The van der Waals surface area contributed by atoms with Crippen LogP contribution in [0.1, 0.15) is 20.8 Å². The maximum absolute atomic E-state index is 12.3. The van der Waals surface area contributed by atoms with Gasteiger partial charge in [0.15, 0.2) is 6.61 Å². The molecular formula is C16H22N2O4. The number of amides is 2. The summed E-state index contributed by atoms with van der Waals surface area (Å²) in [6.07, 6.45) is 0.0544. The number of para-hydroxylation sites is 2. The van der Waals surface area contributed by atoms with E-state index in [9.17, 15) is 9.59 Å². The third-order valence-corrected chi connectivity index (χ3v) is 3.32. The highest BCUT2D eigenvalue weighted by molar-refractivity contribution is 5.90. The standard InChI is InChI=1S/C16H22N2O4/c1-11-8-18(9-12(2)22-11)16(20)10-21-15-7-5-4-6-14(15)17-13(3)19/h4-7,11-12H,8-10H2,1-3H3,(H,17,19)/t11-,12+. The van der Waals surface area contributed by atoms with Crippen molar-refractivity contribution in [2.75, 3.05) is 25.0 Å². The largest absolute Gasteiger partial charge is 0.482 e. The second kappa shape index (κ2) is 7.26. The molecule has 1 aliphatic rings. The molecule has 1 heterocycles. The third kappa shape index (κ3) is 4.46. The number of carbonyl (C=O) groups is 2. The molecule has 2 amide bonds. The molecule has 1 fully saturated rings. The van der Waals surface area contributed by atoms with E-state index in [1.165, 1.54) is 6.92 Å². The molecule has 2 atom stereocenters. The summed E-state index contributed by atoms with van der Waals surface area (Å²) in [5.74, 6) is 0.221. The fourth-order valence-corrected chi connectivity index (χ4v) is 2.50. The molecule has 0 aromatic heterocycles. The molecule has 0 unspecified atom stereocenters. The first kappa shape index (κ1) is 16.3. The number of nitrogens with zero attached hydrogens (tertiary/aromatic N) is 1. The lowest BCUT2D eigenvalue weighted by molar-refractivity contribution is -0.145. The van der Waals surface area contributed by atoms with E-state index in [1.807, 2.05) is 13.8 Å². The molecule has 2 rings (SSSR count). The second-order valence-corrected chi connectivity index (χ2v) is 5.52. The molecule has 6 heteroatoms. The van der Waals surface area contributed by atoms with Gasteiger partial charge in [-0.15, -0.1) is 0 Å². The van der Waals surface area contributed by atoms with Gasteiger partial charge >= 0.3 is 0 Å². The smallest absolute Gasteiger partial charge is 0.260 e. The van der Waals surface area contributed by atoms with Gasteiger partial charge in [0.2, 0.25) is 5.91 Å². The fourth-order valence-electron chi connectivity index (χ4n) is 2.50. The van der Waals surface area contributed by atoms with Crippen LogP contribution in [0, 0.1) is 0 Å². The number of nitrogens with one attached hydrogen (secondary N) is 1. The van der Waals surface area contributed by atoms with Crippen molar-refractivity contribution in [3.8, 4) is 5.75 Å². The van der Waals surface area contributed by atoms with Crippen molar-refractivity contribution in [1.29, 1.82) is 0 Å². The molecule has 1 saturated heterocycles. The maximum Gasteiger partial charge on any atom is 0.260 e. The Kier molecular flexibility index (Phi) is 5.38. The van der Waals surface area contributed by atoms with Gasteiger partial charge in [-0.25, -0.2) is 0 Å². The molecule has 1 aromatic carbocycles. The lowest BCUT2D eigenvalue weighted by atomic mass is 10.2. The van der Waals surface area contributed by atoms with Crippen molar-refractivity contribution < 1.29 is 19.1 Å². The molecule has 6 nitrogen and oxygen atoms in total. The first-order chi connectivity index (χ1) is 10.5. The Balaban J connectivity index is 1.95. The van der Waals surface area contributed by atoms with Gasteiger partial charge in [0.05, 0.1) is 17.9 Å². The van der Waals surface area contributed by atoms with Crippen LogP contribution >= 0.6 is 0 Å². The van der Waals surface area contributed by atoms with E-state index in [2.05, 4.69) is 5.32 Å². The van der Waals surface area contributed by atoms with E-state index in [0.717, 1.165) is 0 Å². The molecular weight excluding hydrogens is 284 g/mol. The number of ether oxygens (including phenoxy) is 2. The Morgan fingerprint density at radius 2 is 1.91 bits per heavy atom. The van der Waals surface area contributed by atoms with Crippen molar-refractivity contribution in [2.24, 2.45) is 0 Å². The van der Waals surface area contributed by atoms with Crippen molar-refractivity contribution in [3.63, 3.8) is 0 Å². The third-order valence-electron chi connectivity index (χ3n) is 3.32. The van der Waals surface area contributed by atoms with Crippen molar-refractivity contribution in [1.82, 2.24) is 4.90 Å². The molecule has 0 spiro atoms. The topological polar surface area (TPSA) is 67.9 Å². The molecule has 22 heavy (non-hydrogen) atoms. The zero-order chi connectivity index (χ0) is 16.1. The Bertz CT molecular complexity index is 537. The summed E-state index contributed by atoms with van der Waals surface area (Å²) in [6.45, 7) is 6.40. The van der Waals surface area contributed by atoms with Crippen LogP contribution in [0.3, 0.4) is 0 Å². The summed E-state index contributed by atoms with van der Waals surface area (Å²) < 4.78 is 11.2. The summed E-state index contributed by atoms with van der Waals surface area (Å²) in [5, 5.41) is 2.68. The Morgan fingerprint density at radius 3 is 2.55 bits per heavy atom. The lowest BCUT2D eigenvalue weighted by Gasteiger charge is -2.35. The Morgan fingerprint density at radius 1 is 1.27 bits per heavy atom. The molecule has 1 aromatic rings. The van der Waals surface area contributed by atoms with Gasteiger partial charge in [-0.2, -0.15) is 0 Å². The molecule has 0 radical (unpaired) electrons. The summed E-state index contributed by atoms with van der Waals surface area (Å²) in [4.78, 5) is 25.2. The van der Waals surface area contributed by atoms with Crippen LogP contribution in [0.4, 0.5) is 5.69 Å². The van der Waals surface area contributed by atoms with E-state index in [0.29, 0.717) is 24.5 Å². The molecule has 1 aliphatic heterocycles. The number of anilines is 1. The number of hydrogen-bond acceptors (Lipinski definition) is 4. The number of rotatable bonds is 4. The lowest BCUT2D eigenvalue weighted by Crippen LogP contribution is -2.49. The maximum atomic E-state index is 12.3. The van der Waals surface area contributed by atoms with Gasteiger partial charge in [0.1, 0.15) is 5.75 Å². The minimum absolute atomic E-state index is 0.0272.